The summed E-state index contributed by atoms with van der Waals surface area (Å²) in [6, 6.07) is 7.22. The average Bonchev–Trinajstić information content (AvgIpc) is 2.66. The second-order valence-corrected chi connectivity index (χ2v) is 6.41. The smallest absolute Gasteiger partial charge is 0.294 e. The number of aryl methyl sites for hydroxylation is 1. The van der Waals surface area contributed by atoms with Crippen molar-refractivity contribution >= 4 is 11.6 Å². The topological polar surface area (TPSA) is 133 Å². The van der Waals surface area contributed by atoms with Gasteiger partial charge in [-0.2, -0.15) is 5.10 Å². The molecule has 0 radical (unpaired) electrons. The zero-order chi connectivity index (χ0) is 20.2. The highest BCUT2D eigenvalue weighted by Gasteiger charge is 2.24. The van der Waals surface area contributed by atoms with E-state index in [-0.39, 0.29) is 23.6 Å². The normalized spacial score (nSPS) is 11.3. The first-order valence-electron chi connectivity index (χ1n) is 8.64. The predicted molar refractivity (Wildman–Crippen MR) is 101 cm³/mol. The molecule has 9 nitrogen and oxygen atoms in total. The molecule has 0 aliphatic rings. The summed E-state index contributed by atoms with van der Waals surface area (Å²) in [6.45, 7) is 5.62. The van der Waals surface area contributed by atoms with Crippen LogP contribution in [0.4, 0.5) is 5.69 Å². The van der Waals surface area contributed by atoms with Crippen molar-refractivity contribution in [3.63, 3.8) is 0 Å². The van der Waals surface area contributed by atoms with Gasteiger partial charge in [0.25, 0.3) is 11.6 Å². The number of benzene rings is 1. The number of nitro benzene ring substituents is 1. The molecule has 1 heterocycles. The molecule has 1 amide bonds. The molecular weight excluding hydrogens is 350 g/mol. The Morgan fingerprint density at radius 2 is 1.96 bits per heavy atom. The van der Waals surface area contributed by atoms with Crippen LogP contribution in [0.15, 0.2) is 35.1 Å². The summed E-state index contributed by atoms with van der Waals surface area (Å²) in [5.74, 6) is -0.663. The Morgan fingerprint density at radius 3 is 2.56 bits per heavy atom. The van der Waals surface area contributed by atoms with Crippen molar-refractivity contribution in [3.8, 4) is 5.69 Å². The average molecular weight is 373 g/mol. The van der Waals surface area contributed by atoms with Crippen LogP contribution in [0.3, 0.4) is 0 Å². The first kappa shape index (κ1) is 20.2. The molecule has 0 aliphatic heterocycles. The summed E-state index contributed by atoms with van der Waals surface area (Å²) in [4.78, 5) is 35.5. The second-order valence-electron chi connectivity index (χ2n) is 6.41. The molecule has 0 saturated heterocycles. The maximum Gasteiger partial charge on any atom is 0.294 e. The molecule has 0 spiro atoms. The van der Waals surface area contributed by atoms with Gasteiger partial charge in [-0.3, -0.25) is 19.7 Å². The highest BCUT2D eigenvalue weighted by Crippen LogP contribution is 2.22. The minimum absolute atomic E-state index is 0.171. The number of amides is 1. The molecular formula is C18H23N5O4. The lowest BCUT2D eigenvalue weighted by Crippen LogP contribution is -2.50. The number of carbonyl (C=O) groups excluding carboxylic acids is 1. The minimum Gasteiger partial charge on any atom is -0.349 e. The van der Waals surface area contributed by atoms with E-state index < -0.39 is 21.8 Å². The molecule has 144 valence electrons. The van der Waals surface area contributed by atoms with Gasteiger partial charge in [-0.15, -0.1) is 0 Å². The monoisotopic (exact) mass is 373 g/mol. The largest absolute Gasteiger partial charge is 0.349 e. The molecule has 0 saturated carbocycles. The quantitative estimate of drug-likeness (QED) is 0.560. The van der Waals surface area contributed by atoms with Crippen LogP contribution in [0.2, 0.25) is 0 Å². The number of nitro groups is 1. The third-order valence-electron chi connectivity index (χ3n) is 4.64. The minimum atomic E-state index is -0.663. The number of nitrogens with one attached hydrogen (secondary N) is 1. The van der Waals surface area contributed by atoms with E-state index in [0.29, 0.717) is 18.5 Å². The lowest BCUT2D eigenvalue weighted by molar-refractivity contribution is -0.384. The Labute approximate surface area is 156 Å². The zero-order valence-electron chi connectivity index (χ0n) is 15.6. The molecule has 9 heteroatoms. The molecule has 0 atom stereocenters. The fourth-order valence-corrected chi connectivity index (χ4v) is 2.59. The van der Waals surface area contributed by atoms with Crippen molar-refractivity contribution < 1.29 is 9.72 Å². The van der Waals surface area contributed by atoms with Gasteiger partial charge in [0.05, 0.1) is 4.92 Å². The number of nitrogens with two attached hydrogens (primary N) is 1. The van der Waals surface area contributed by atoms with Gasteiger partial charge in [0.2, 0.25) is 5.43 Å². The van der Waals surface area contributed by atoms with Crippen LogP contribution in [-0.2, 0) is 0 Å². The van der Waals surface area contributed by atoms with E-state index in [4.69, 9.17) is 5.73 Å². The van der Waals surface area contributed by atoms with E-state index in [0.717, 1.165) is 0 Å². The molecule has 0 fully saturated rings. The van der Waals surface area contributed by atoms with Gasteiger partial charge in [0, 0.05) is 29.9 Å². The van der Waals surface area contributed by atoms with E-state index in [1.807, 2.05) is 13.8 Å². The Morgan fingerprint density at radius 1 is 1.33 bits per heavy atom. The number of nitrogens with zero attached hydrogens (tertiary/aromatic N) is 3. The Balaban J connectivity index is 2.44. The van der Waals surface area contributed by atoms with Gasteiger partial charge in [-0.05, 0) is 25.8 Å². The van der Waals surface area contributed by atoms with Gasteiger partial charge in [0.15, 0.2) is 5.69 Å². The van der Waals surface area contributed by atoms with Gasteiger partial charge in [0.1, 0.15) is 5.69 Å². The maximum absolute atomic E-state index is 12.5. The molecule has 1 aromatic heterocycles. The van der Waals surface area contributed by atoms with Crippen molar-refractivity contribution in [3.05, 3.63) is 62.1 Å². The fraction of sp³-hybridized carbons (Fsp3) is 0.389. The maximum atomic E-state index is 12.5. The highest BCUT2D eigenvalue weighted by atomic mass is 16.6. The number of rotatable bonds is 7. The first-order valence-corrected chi connectivity index (χ1v) is 8.64. The van der Waals surface area contributed by atoms with Crippen LogP contribution in [0.1, 0.15) is 42.9 Å². The number of aromatic nitrogens is 2. The van der Waals surface area contributed by atoms with Crippen LogP contribution in [0.25, 0.3) is 5.69 Å². The Kier molecular flexibility index (Phi) is 6.06. The van der Waals surface area contributed by atoms with Crippen LogP contribution in [0, 0.1) is 17.0 Å². The van der Waals surface area contributed by atoms with E-state index in [1.54, 1.807) is 13.0 Å². The molecule has 3 N–H and O–H groups in total. The lowest BCUT2D eigenvalue weighted by Gasteiger charge is -2.26. The highest BCUT2D eigenvalue weighted by molar-refractivity contribution is 5.92. The molecule has 0 bridgehead atoms. The summed E-state index contributed by atoms with van der Waals surface area (Å²) in [7, 11) is 0. The van der Waals surface area contributed by atoms with Gasteiger partial charge in [-0.25, -0.2) is 4.68 Å². The molecule has 0 aliphatic carbocycles. The number of hydrogen-bond acceptors (Lipinski definition) is 6. The summed E-state index contributed by atoms with van der Waals surface area (Å²) < 4.78 is 1.23. The first-order chi connectivity index (χ1) is 12.7. The Hall–Kier alpha value is -3.07. The second kappa shape index (κ2) is 8.09. The molecule has 0 unspecified atom stereocenters. The molecule has 2 aromatic rings. The summed E-state index contributed by atoms with van der Waals surface area (Å²) in [6.07, 6.45) is 1.32. The summed E-state index contributed by atoms with van der Waals surface area (Å²) in [5.41, 5.74) is 5.06. The number of hydrogen-bond donors (Lipinski definition) is 2. The van der Waals surface area contributed by atoms with Crippen LogP contribution in [-0.4, -0.2) is 32.7 Å². The van der Waals surface area contributed by atoms with Gasteiger partial charge >= 0.3 is 0 Å². The predicted octanol–water partition coefficient (Wildman–Crippen LogP) is 1.70. The molecule has 1 aromatic carbocycles. The van der Waals surface area contributed by atoms with Crippen molar-refractivity contribution in [2.45, 2.75) is 39.2 Å². The zero-order valence-corrected chi connectivity index (χ0v) is 15.6. The summed E-state index contributed by atoms with van der Waals surface area (Å²) in [5, 5.41) is 18.0. The standard InChI is InChI=1S/C18H23N5O4/c1-4-18(19,5-2)11-20-17(25)16-15(24)10-12(3)22(21-16)13-8-6-7-9-14(13)23(26)27/h6-10H,4-5,11,19H2,1-3H3,(H,20,25). The van der Waals surface area contributed by atoms with Gasteiger partial charge < -0.3 is 11.1 Å². The van der Waals surface area contributed by atoms with Crippen LogP contribution in [0.5, 0.6) is 0 Å². The van der Waals surface area contributed by atoms with E-state index in [1.165, 1.54) is 28.9 Å². The SMILES string of the molecule is CCC(N)(CC)CNC(=O)c1nn(-c2ccccc2[N+](=O)[O-])c(C)cc1=O. The van der Waals surface area contributed by atoms with Crippen molar-refractivity contribution in [1.29, 1.82) is 0 Å². The molecule has 2 rings (SSSR count). The third-order valence-corrected chi connectivity index (χ3v) is 4.64. The Bertz CT molecular complexity index is 918. The van der Waals surface area contributed by atoms with Gasteiger partial charge in [-0.1, -0.05) is 26.0 Å². The fourth-order valence-electron chi connectivity index (χ4n) is 2.59. The van der Waals surface area contributed by atoms with E-state index in [9.17, 15) is 19.7 Å². The van der Waals surface area contributed by atoms with Crippen molar-refractivity contribution in [2.24, 2.45) is 5.73 Å². The van der Waals surface area contributed by atoms with Crippen molar-refractivity contribution in [1.82, 2.24) is 15.1 Å². The van der Waals surface area contributed by atoms with Crippen LogP contribution < -0.4 is 16.5 Å². The van der Waals surface area contributed by atoms with E-state index in [2.05, 4.69) is 10.4 Å². The van der Waals surface area contributed by atoms with E-state index >= 15 is 0 Å². The van der Waals surface area contributed by atoms with Crippen molar-refractivity contribution in [2.75, 3.05) is 6.54 Å². The molecule has 27 heavy (non-hydrogen) atoms. The third kappa shape index (κ3) is 4.37. The summed E-state index contributed by atoms with van der Waals surface area (Å²) >= 11 is 0. The van der Waals surface area contributed by atoms with Crippen LogP contribution >= 0.6 is 0 Å². The lowest BCUT2D eigenvalue weighted by atomic mass is 9.94. The number of para-hydroxylation sites is 2. The number of carbonyl (C=O) groups is 1.